The Morgan fingerprint density at radius 1 is 1.13 bits per heavy atom. The van der Waals surface area contributed by atoms with Crippen molar-refractivity contribution in [1.29, 1.82) is 0 Å². The SMILES string of the molecule is C[C@H](NC(=O)Cc1ccc2c(c1)OCCO2)c1ccc(F)cc1. The number of ether oxygens (including phenoxy) is 2. The van der Waals surface area contributed by atoms with Crippen molar-refractivity contribution >= 4 is 5.91 Å². The molecule has 0 unspecified atom stereocenters. The molecule has 1 atom stereocenters. The third kappa shape index (κ3) is 3.80. The summed E-state index contributed by atoms with van der Waals surface area (Å²) in [7, 11) is 0. The van der Waals surface area contributed by atoms with Gasteiger partial charge in [0.2, 0.25) is 5.91 Å². The monoisotopic (exact) mass is 315 g/mol. The smallest absolute Gasteiger partial charge is 0.224 e. The van der Waals surface area contributed by atoms with Crippen molar-refractivity contribution in [2.45, 2.75) is 19.4 Å². The largest absolute Gasteiger partial charge is 0.486 e. The van der Waals surface area contributed by atoms with Crippen LogP contribution in [0.1, 0.15) is 24.1 Å². The lowest BCUT2D eigenvalue weighted by Gasteiger charge is -2.19. The zero-order valence-electron chi connectivity index (χ0n) is 12.8. The first-order chi connectivity index (χ1) is 11.1. The molecule has 1 aliphatic heterocycles. The molecule has 2 aromatic carbocycles. The van der Waals surface area contributed by atoms with E-state index < -0.39 is 0 Å². The second-order valence-electron chi connectivity index (χ2n) is 5.50. The van der Waals surface area contributed by atoms with Gasteiger partial charge in [0.05, 0.1) is 12.5 Å². The van der Waals surface area contributed by atoms with Crippen LogP contribution in [0.3, 0.4) is 0 Å². The number of nitrogens with one attached hydrogen (secondary N) is 1. The van der Waals surface area contributed by atoms with Crippen molar-refractivity contribution in [1.82, 2.24) is 5.32 Å². The van der Waals surface area contributed by atoms with Crippen LogP contribution in [0.2, 0.25) is 0 Å². The van der Waals surface area contributed by atoms with Crippen LogP contribution >= 0.6 is 0 Å². The number of carbonyl (C=O) groups is 1. The molecule has 0 fully saturated rings. The normalized spacial score (nSPS) is 14.2. The fourth-order valence-electron chi connectivity index (χ4n) is 2.51. The fraction of sp³-hybridized carbons (Fsp3) is 0.278. The minimum atomic E-state index is -0.288. The lowest BCUT2D eigenvalue weighted by Crippen LogP contribution is -2.28. The van der Waals surface area contributed by atoms with Crippen molar-refractivity contribution in [3.05, 3.63) is 59.4 Å². The summed E-state index contributed by atoms with van der Waals surface area (Å²) in [6.45, 7) is 2.93. The number of benzene rings is 2. The van der Waals surface area contributed by atoms with Crippen LogP contribution in [-0.2, 0) is 11.2 Å². The zero-order valence-corrected chi connectivity index (χ0v) is 12.8. The van der Waals surface area contributed by atoms with E-state index in [0.29, 0.717) is 24.7 Å². The lowest BCUT2D eigenvalue weighted by atomic mass is 10.1. The van der Waals surface area contributed by atoms with Gasteiger partial charge in [-0.05, 0) is 42.3 Å². The molecular weight excluding hydrogens is 297 g/mol. The Labute approximate surface area is 134 Å². The van der Waals surface area contributed by atoms with Gasteiger partial charge in [0, 0.05) is 0 Å². The van der Waals surface area contributed by atoms with Gasteiger partial charge in [0.25, 0.3) is 0 Å². The Morgan fingerprint density at radius 3 is 2.57 bits per heavy atom. The highest BCUT2D eigenvalue weighted by Crippen LogP contribution is 2.30. The molecule has 0 saturated carbocycles. The summed E-state index contributed by atoms with van der Waals surface area (Å²) in [5, 5.41) is 2.91. The standard InChI is InChI=1S/C18H18FNO3/c1-12(14-3-5-15(19)6-4-14)20-18(21)11-13-2-7-16-17(10-13)23-9-8-22-16/h2-7,10,12H,8-9,11H2,1H3,(H,20,21)/t12-/m0/s1. The quantitative estimate of drug-likeness (QED) is 0.943. The summed E-state index contributed by atoms with van der Waals surface area (Å²) in [4.78, 5) is 12.2. The third-order valence-corrected chi connectivity index (χ3v) is 3.72. The molecule has 5 heteroatoms. The first-order valence-corrected chi connectivity index (χ1v) is 7.55. The second kappa shape index (κ2) is 6.69. The topological polar surface area (TPSA) is 47.6 Å². The van der Waals surface area contributed by atoms with Gasteiger partial charge in [-0.15, -0.1) is 0 Å². The van der Waals surface area contributed by atoms with Gasteiger partial charge < -0.3 is 14.8 Å². The maximum atomic E-state index is 12.9. The number of amides is 1. The van der Waals surface area contributed by atoms with E-state index >= 15 is 0 Å². The predicted octanol–water partition coefficient (Wildman–Crippen LogP) is 3.02. The molecular formula is C18H18FNO3. The molecule has 0 bridgehead atoms. The van der Waals surface area contributed by atoms with E-state index in [1.54, 1.807) is 12.1 Å². The predicted molar refractivity (Wildman–Crippen MR) is 84.1 cm³/mol. The Kier molecular flexibility index (Phi) is 4.46. The Balaban J connectivity index is 1.61. The molecule has 1 amide bonds. The second-order valence-corrected chi connectivity index (χ2v) is 5.50. The van der Waals surface area contributed by atoms with E-state index in [1.165, 1.54) is 12.1 Å². The summed E-state index contributed by atoms with van der Waals surface area (Å²) >= 11 is 0. The zero-order chi connectivity index (χ0) is 16.2. The molecule has 0 aromatic heterocycles. The van der Waals surface area contributed by atoms with Crippen molar-refractivity contribution in [2.75, 3.05) is 13.2 Å². The van der Waals surface area contributed by atoms with Crippen molar-refractivity contribution in [3.63, 3.8) is 0 Å². The van der Waals surface area contributed by atoms with Gasteiger partial charge in [0.1, 0.15) is 19.0 Å². The molecule has 1 N–H and O–H groups in total. The van der Waals surface area contributed by atoms with Gasteiger partial charge in [-0.3, -0.25) is 4.79 Å². The van der Waals surface area contributed by atoms with Gasteiger partial charge in [-0.2, -0.15) is 0 Å². The van der Waals surface area contributed by atoms with Crippen molar-refractivity contribution in [2.24, 2.45) is 0 Å². The van der Waals surface area contributed by atoms with Gasteiger partial charge in [-0.25, -0.2) is 4.39 Å². The van der Waals surface area contributed by atoms with Crippen LogP contribution in [-0.4, -0.2) is 19.1 Å². The van der Waals surface area contributed by atoms with Crippen LogP contribution in [0.4, 0.5) is 4.39 Å². The average Bonchev–Trinajstić information content (AvgIpc) is 2.55. The van der Waals surface area contributed by atoms with Crippen molar-refractivity contribution in [3.8, 4) is 11.5 Å². The number of rotatable bonds is 4. The van der Waals surface area contributed by atoms with Crippen molar-refractivity contribution < 1.29 is 18.7 Å². The van der Waals surface area contributed by atoms with E-state index in [0.717, 1.165) is 11.1 Å². The lowest BCUT2D eigenvalue weighted by molar-refractivity contribution is -0.121. The Bertz CT molecular complexity index is 700. The highest BCUT2D eigenvalue weighted by Gasteiger charge is 2.14. The Hall–Kier alpha value is -2.56. The van der Waals surface area contributed by atoms with Gasteiger partial charge >= 0.3 is 0 Å². The van der Waals surface area contributed by atoms with Crippen LogP contribution in [0.25, 0.3) is 0 Å². The molecule has 0 saturated heterocycles. The molecule has 0 radical (unpaired) electrons. The van der Waals surface area contributed by atoms with Crippen LogP contribution in [0, 0.1) is 5.82 Å². The van der Waals surface area contributed by atoms with Gasteiger partial charge in [-0.1, -0.05) is 18.2 Å². The highest BCUT2D eigenvalue weighted by molar-refractivity contribution is 5.79. The number of halogens is 1. The molecule has 0 aliphatic carbocycles. The van der Waals surface area contributed by atoms with Crippen LogP contribution < -0.4 is 14.8 Å². The van der Waals surface area contributed by atoms with E-state index in [2.05, 4.69) is 5.32 Å². The van der Waals surface area contributed by atoms with Crippen LogP contribution in [0.15, 0.2) is 42.5 Å². The molecule has 0 spiro atoms. The molecule has 2 aromatic rings. The number of fused-ring (bicyclic) bond motifs is 1. The average molecular weight is 315 g/mol. The summed E-state index contributed by atoms with van der Waals surface area (Å²) in [6.07, 6.45) is 0.252. The first-order valence-electron chi connectivity index (χ1n) is 7.55. The van der Waals surface area contributed by atoms with Gasteiger partial charge in [0.15, 0.2) is 11.5 Å². The van der Waals surface area contributed by atoms with E-state index in [1.807, 2.05) is 25.1 Å². The minimum absolute atomic E-state index is 0.0986. The summed E-state index contributed by atoms with van der Waals surface area (Å²) in [5.41, 5.74) is 1.72. The summed E-state index contributed by atoms with van der Waals surface area (Å²) in [6, 6.07) is 11.4. The third-order valence-electron chi connectivity index (χ3n) is 3.72. The maximum absolute atomic E-state index is 12.9. The molecule has 23 heavy (non-hydrogen) atoms. The molecule has 120 valence electrons. The molecule has 4 nitrogen and oxygen atoms in total. The summed E-state index contributed by atoms with van der Waals surface area (Å²) < 4.78 is 23.9. The number of hydrogen-bond donors (Lipinski definition) is 1. The molecule has 1 aliphatic rings. The maximum Gasteiger partial charge on any atom is 0.224 e. The van der Waals surface area contributed by atoms with E-state index in [-0.39, 0.29) is 24.2 Å². The Morgan fingerprint density at radius 2 is 1.83 bits per heavy atom. The minimum Gasteiger partial charge on any atom is -0.486 e. The number of carbonyl (C=O) groups excluding carboxylic acids is 1. The van der Waals surface area contributed by atoms with E-state index in [9.17, 15) is 9.18 Å². The highest BCUT2D eigenvalue weighted by atomic mass is 19.1. The summed E-state index contributed by atoms with van der Waals surface area (Å²) in [5.74, 6) is 0.996. The number of hydrogen-bond acceptors (Lipinski definition) is 3. The molecule has 3 rings (SSSR count). The fourth-order valence-corrected chi connectivity index (χ4v) is 2.51. The molecule has 1 heterocycles. The first kappa shape index (κ1) is 15.3. The van der Waals surface area contributed by atoms with Crippen LogP contribution in [0.5, 0.6) is 11.5 Å². The van der Waals surface area contributed by atoms with E-state index in [4.69, 9.17) is 9.47 Å².